The molecular weight excluding hydrogens is 300 g/mol. The van der Waals surface area contributed by atoms with Crippen LogP contribution in [0.25, 0.3) is 0 Å². The Morgan fingerprint density at radius 2 is 1.79 bits per heavy atom. The highest BCUT2D eigenvalue weighted by Gasteiger charge is 2.22. The van der Waals surface area contributed by atoms with Gasteiger partial charge in [-0.25, -0.2) is 0 Å². The van der Waals surface area contributed by atoms with Crippen LogP contribution in [0.5, 0.6) is 0 Å². The summed E-state index contributed by atoms with van der Waals surface area (Å²) < 4.78 is 1.14. The molecular formula is C16H27BrN2. The Morgan fingerprint density at radius 1 is 1.21 bits per heavy atom. The van der Waals surface area contributed by atoms with Gasteiger partial charge in [0.25, 0.3) is 0 Å². The minimum Gasteiger partial charge on any atom is -0.316 e. The summed E-state index contributed by atoms with van der Waals surface area (Å²) in [5, 5.41) is 3.44. The van der Waals surface area contributed by atoms with E-state index in [0.29, 0.717) is 11.5 Å². The molecule has 0 saturated carbocycles. The number of hydrogen-bond donors (Lipinski definition) is 1. The number of nitrogens with one attached hydrogen (secondary N) is 1. The molecule has 0 spiro atoms. The minimum atomic E-state index is 0.313. The first-order valence-corrected chi connectivity index (χ1v) is 7.72. The largest absolute Gasteiger partial charge is 0.316 e. The minimum absolute atomic E-state index is 0.313. The van der Waals surface area contributed by atoms with E-state index < -0.39 is 0 Å². The van der Waals surface area contributed by atoms with Gasteiger partial charge in [-0.15, -0.1) is 0 Å². The molecule has 0 fully saturated rings. The molecule has 108 valence electrons. The van der Waals surface area contributed by atoms with E-state index in [1.807, 2.05) is 0 Å². The van der Waals surface area contributed by atoms with E-state index in [1.165, 1.54) is 12.0 Å². The Hall–Kier alpha value is -0.380. The zero-order chi connectivity index (χ0) is 14.5. The molecule has 1 aromatic carbocycles. The molecule has 0 amide bonds. The van der Waals surface area contributed by atoms with Crippen LogP contribution >= 0.6 is 15.9 Å². The van der Waals surface area contributed by atoms with Gasteiger partial charge in [0, 0.05) is 17.1 Å². The lowest BCUT2D eigenvalue weighted by molar-refractivity contribution is 0.227. The molecule has 1 unspecified atom stereocenters. The van der Waals surface area contributed by atoms with E-state index in [-0.39, 0.29) is 0 Å². The Bertz CT molecular complexity index is 367. The van der Waals surface area contributed by atoms with E-state index in [1.54, 1.807) is 0 Å². The van der Waals surface area contributed by atoms with E-state index in [4.69, 9.17) is 0 Å². The lowest BCUT2D eigenvalue weighted by atomic mass is 9.85. The predicted octanol–water partition coefficient (Wildman–Crippen LogP) is 3.91. The lowest BCUT2D eigenvalue weighted by Crippen LogP contribution is -2.40. The van der Waals surface area contributed by atoms with Crippen LogP contribution in [-0.2, 0) is 6.54 Å². The average molecular weight is 327 g/mol. The normalized spacial score (nSPS) is 13.8. The molecule has 0 aliphatic carbocycles. The topological polar surface area (TPSA) is 15.3 Å². The van der Waals surface area contributed by atoms with Gasteiger partial charge in [0.15, 0.2) is 0 Å². The SMILES string of the molecule is CNC(CCN(C)Cc1ccc(Br)cc1)C(C)(C)C. The maximum Gasteiger partial charge on any atom is 0.0230 e. The molecule has 0 aliphatic rings. The molecule has 0 heterocycles. The molecule has 0 aromatic heterocycles. The molecule has 2 nitrogen and oxygen atoms in total. The maximum atomic E-state index is 3.47. The molecule has 1 atom stereocenters. The fraction of sp³-hybridized carbons (Fsp3) is 0.625. The molecule has 3 heteroatoms. The molecule has 0 aliphatic heterocycles. The van der Waals surface area contributed by atoms with Crippen LogP contribution < -0.4 is 5.32 Å². The summed E-state index contributed by atoms with van der Waals surface area (Å²) in [4.78, 5) is 2.39. The van der Waals surface area contributed by atoms with Crippen LogP contribution in [0.15, 0.2) is 28.7 Å². The first-order valence-electron chi connectivity index (χ1n) is 6.93. The highest BCUT2D eigenvalue weighted by atomic mass is 79.9. The van der Waals surface area contributed by atoms with E-state index in [0.717, 1.165) is 17.6 Å². The standard InChI is InChI=1S/C16H27BrN2/c1-16(2,3)15(18-4)10-11-19(5)12-13-6-8-14(17)9-7-13/h6-9,15,18H,10-12H2,1-5H3. The third kappa shape index (κ3) is 6.07. The number of benzene rings is 1. The van der Waals surface area contributed by atoms with Crippen molar-refractivity contribution >= 4 is 15.9 Å². The summed E-state index contributed by atoms with van der Waals surface area (Å²) in [6.07, 6.45) is 1.17. The smallest absolute Gasteiger partial charge is 0.0230 e. The van der Waals surface area contributed by atoms with Crippen LogP contribution in [0.4, 0.5) is 0 Å². The Morgan fingerprint density at radius 3 is 2.26 bits per heavy atom. The lowest BCUT2D eigenvalue weighted by Gasteiger charge is -2.32. The van der Waals surface area contributed by atoms with Crippen LogP contribution in [0, 0.1) is 5.41 Å². The van der Waals surface area contributed by atoms with E-state index in [2.05, 4.69) is 85.3 Å². The van der Waals surface area contributed by atoms with Crippen molar-refractivity contribution in [3.63, 3.8) is 0 Å². The molecule has 1 N–H and O–H groups in total. The first-order chi connectivity index (χ1) is 8.82. The number of halogens is 1. The zero-order valence-electron chi connectivity index (χ0n) is 12.8. The summed E-state index contributed by atoms with van der Waals surface area (Å²) in [5.74, 6) is 0. The summed E-state index contributed by atoms with van der Waals surface area (Å²) in [6.45, 7) is 9.00. The van der Waals surface area contributed by atoms with Gasteiger partial charge in [-0.1, -0.05) is 48.8 Å². The van der Waals surface area contributed by atoms with Gasteiger partial charge in [0.1, 0.15) is 0 Å². The number of rotatable bonds is 6. The van der Waals surface area contributed by atoms with Crippen molar-refractivity contribution in [1.29, 1.82) is 0 Å². The third-order valence-corrected chi connectivity index (χ3v) is 4.09. The predicted molar refractivity (Wildman–Crippen MR) is 87.4 cm³/mol. The van der Waals surface area contributed by atoms with Gasteiger partial charge in [-0.2, -0.15) is 0 Å². The van der Waals surface area contributed by atoms with Crippen LogP contribution in [0.3, 0.4) is 0 Å². The van der Waals surface area contributed by atoms with Gasteiger partial charge >= 0.3 is 0 Å². The van der Waals surface area contributed by atoms with Gasteiger partial charge in [-0.05, 0) is 50.2 Å². The van der Waals surface area contributed by atoms with Gasteiger partial charge in [0.2, 0.25) is 0 Å². The quantitative estimate of drug-likeness (QED) is 0.852. The molecule has 1 aromatic rings. The maximum absolute atomic E-state index is 3.47. The van der Waals surface area contributed by atoms with Crippen LogP contribution in [-0.4, -0.2) is 31.6 Å². The Labute approximate surface area is 126 Å². The highest BCUT2D eigenvalue weighted by molar-refractivity contribution is 9.10. The summed E-state index contributed by atoms with van der Waals surface area (Å²) in [7, 11) is 4.25. The monoisotopic (exact) mass is 326 g/mol. The second-order valence-electron chi connectivity index (χ2n) is 6.36. The molecule has 0 bridgehead atoms. The van der Waals surface area contributed by atoms with Crippen molar-refractivity contribution in [1.82, 2.24) is 10.2 Å². The molecule has 0 radical (unpaired) electrons. The second kappa shape index (κ2) is 7.41. The highest BCUT2D eigenvalue weighted by Crippen LogP contribution is 2.21. The van der Waals surface area contributed by atoms with Crippen molar-refractivity contribution in [3.05, 3.63) is 34.3 Å². The average Bonchev–Trinajstić information content (AvgIpc) is 2.31. The van der Waals surface area contributed by atoms with Crippen molar-refractivity contribution in [2.75, 3.05) is 20.6 Å². The first kappa shape index (κ1) is 16.7. The molecule has 0 saturated heterocycles. The van der Waals surface area contributed by atoms with Gasteiger partial charge in [0.05, 0.1) is 0 Å². The van der Waals surface area contributed by atoms with Crippen molar-refractivity contribution in [2.24, 2.45) is 5.41 Å². The fourth-order valence-electron chi connectivity index (χ4n) is 2.34. The fourth-order valence-corrected chi connectivity index (χ4v) is 2.60. The van der Waals surface area contributed by atoms with Crippen LogP contribution in [0.1, 0.15) is 32.8 Å². The second-order valence-corrected chi connectivity index (χ2v) is 7.28. The van der Waals surface area contributed by atoms with Crippen LogP contribution in [0.2, 0.25) is 0 Å². The summed E-state index contributed by atoms with van der Waals surface area (Å²) in [5.41, 5.74) is 1.68. The van der Waals surface area contributed by atoms with E-state index >= 15 is 0 Å². The van der Waals surface area contributed by atoms with Gasteiger partial charge < -0.3 is 10.2 Å². The van der Waals surface area contributed by atoms with E-state index in [9.17, 15) is 0 Å². The van der Waals surface area contributed by atoms with Gasteiger partial charge in [-0.3, -0.25) is 0 Å². The third-order valence-electron chi connectivity index (χ3n) is 3.56. The number of nitrogens with zero attached hydrogens (tertiary/aromatic N) is 1. The Kier molecular flexibility index (Phi) is 6.51. The van der Waals surface area contributed by atoms with Crippen molar-refractivity contribution in [2.45, 2.75) is 39.8 Å². The molecule has 19 heavy (non-hydrogen) atoms. The van der Waals surface area contributed by atoms with Crippen molar-refractivity contribution in [3.8, 4) is 0 Å². The van der Waals surface area contributed by atoms with Crippen molar-refractivity contribution < 1.29 is 0 Å². The Balaban J connectivity index is 2.43. The summed E-state index contributed by atoms with van der Waals surface area (Å²) in [6, 6.07) is 9.13. The number of hydrogen-bond acceptors (Lipinski definition) is 2. The summed E-state index contributed by atoms with van der Waals surface area (Å²) >= 11 is 3.47. The zero-order valence-corrected chi connectivity index (χ0v) is 14.4. The molecule has 1 rings (SSSR count).